The number of hydrogen-bond acceptors (Lipinski definition) is 3. The van der Waals surface area contributed by atoms with Gasteiger partial charge in [-0.05, 0) is 43.7 Å². The van der Waals surface area contributed by atoms with Crippen molar-refractivity contribution >= 4 is 11.9 Å². The molecule has 0 amide bonds. The lowest BCUT2D eigenvalue weighted by atomic mass is 10.1. The third-order valence-electron chi connectivity index (χ3n) is 2.66. The van der Waals surface area contributed by atoms with Crippen molar-refractivity contribution in [2.24, 2.45) is 4.99 Å². The summed E-state index contributed by atoms with van der Waals surface area (Å²) in [5.41, 5.74) is 3.14. The number of phenolic OH excluding ortho intramolecular Hbond substituents is 2. The topological polar surface area (TPSA) is 52.8 Å². The number of aryl methyl sites for hydroxylation is 2. The van der Waals surface area contributed by atoms with Gasteiger partial charge >= 0.3 is 0 Å². The van der Waals surface area contributed by atoms with Crippen molar-refractivity contribution in [1.82, 2.24) is 0 Å². The molecule has 3 heteroatoms. The number of phenols is 2. The van der Waals surface area contributed by atoms with Crippen LogP contribution in [0.3, 0.4) is 0 Å². The molecule has 18 heavy (non-hydrogen) atoms. The van der Waals surface area contributed by atoms with Crippen LogP contribution < -0.4 is 0 Å². The fourth-order valence-corrected chi connectivity index (χ4v) is 1.66. The average Bonchev–Trinajstić information content (AvgIpc) is 2.32. The molecule has 3 nitrogen and oxygen atoms in total. The second-order valence-corrected chi connectivity index (χ2v) is 4.31. The first-order valence-corrected chi connectivity index (χ1v) is 5.69. The fourth-order valence-electron chi connectivity index (χ4n) is 1.66. The maximum Gasteiger partial charge on any atom is 0.141 e. The van der Waals surface area contributed by atoms with Gasteiger partial charge in [0.1, 0.15) is 17.2 Å². The highest BCUT2D eigenvalue weighted by molar-refractivity contribution is 5.86. The summed E-state index contributed by atoms with van der Waals surface area (Å²) in [6.07, 6.45) is 1.55. The van der Waals surface area contributed by atoms with Crippen LogP contribution in [0.1, 0.15) is 16.7 Å². The van der Waals surface area contributed by atoms with Crippen LogP contribution in [-0.4, -0.2) is 16.4 Å². The molecule has 0 atom stereocenters. The minimum absolute atomic E-state index is 0.137. The van der Waals surface area contributed by atoms with E-state index in [-0.39, 0.29) is 11.5 Å². The summed E-state index contributed by atoms with van der Waals surface area (Å²) >= 11 is 0. The van der Waals surface area contributed by atoms with Crippen LogP contribution in [0.25, 0.3) is 0 Å². The van der Waals surface area contributed by atoms with Gasteiger partial charge in [0.15, 0.2) is 0 Å². The second-order valence-electron chi connectivity index (χ2n) is 4.31. The summed E-state index contributed by atoms with van der Waals surface area (Å²) in [5, 5.41) is 19.4. The predicted octanol–water partition coefficient (Wildman–Crippen LogP) is 3.47. The van der Waals surface area contributed by atoms with Crippen molar-refractivity contribution in [1.29, 1.82) is 0 Å². The molecule has 0 saturated heterocycles. The lowest BCUT2D eigenvalue weighted by Gasteiger charge is -2.02. The Morgan fingerprint density at radius 1 is 0.889 bits per heavy atom. The van der Waals surface area contributed by atoms with Gasteiger partial charge < -0.3 is 10.2 Å². The van der Waals surface area contributed by atoms with Gasteiger partial charge in [-0.3, -0.25) is 4.99 Å². The SMILES string of the molecule is Cc1ccc(N=Cc2cc(C)ccc2O)c(O)c1. The number of aromatic hydroxyl groups is 2. The Morgan fingerprint density at radius 3 is 2.28 bits per heavy atom. The zero-order valence-electron chi connectivity index (χ0n) is 10.4. The molecule has 0 saturated carbocycles. The van der Waals surface area contributed by atoms with E-state index in [1.807, 2.05) is 32.0 Å². The summed E-state index contributed by atoms with van der Waals surface area (Å²) in [7, 11) is 0. The quantitative estimate of drug-likeness (QED) is 0.791. The zero-order valence-corrected chi connectivity index (χ0v) is 10.4. The monoisotopic (exact) mass is 241 g/mol. The maximum absolute atomic E-state index is 9.72. The van der Waals surface area contributed by atoms with Gasteiger partial charge in [0.2, 0.25) is 0 Å². The summed E-state index contributed by atoms with van der Waals surface area (Å²) < 4.78 is 0. The molecule has 92 valence electrons. The van der Waals surface area contributed by atoms with E-state index in [4.69, 9.17) is 0 Å². The van der Waals surface area contributed by atoms with E-state index in [1.54, 1.807) is 24.4 Å². The third kappa shape index (κ3) is 2.69. The summed E-state index contributed by atoms with van der Waals surface area (Å²) in [5.74, 6) is 0.314. The highest BCUT2D eigenvalue weighted by Crippen LogP contribution is 2.27. The first kappa shape index (κ1) is 12.2. The number of rotatable bonds is 2. The average molecular weight is 241 g/mol. The lowest BCUT2D eigenvalue weighted by Crippen LogP contribution is -1.84. The second kappa shape index (κ2) is 4.92. The molecule has 2 aromatic rings. The smallest absolute Gasteiger partial charge is 0.141 e. The van der Waals surface area contributed by atoms with Crippen LogP contribution in [0.5, 0.6) is 11.5 Å². The highest BCUT2D eigenvalue weighted by Gasteiger charge is 2.00. The summed E-state index contributed by atoms with van der Waals surface area (Å²) in [6.45, 7) is 3.85. The van der Waals surface area contributed by atoms with Crippen molar-refractivity contribution in [3.63, 3.8) is 0 Å². The molecule has 0 radical (unpaired) electrons. The Labute approximate surface area is 106 Å². The van der Waals surface area contributed by atoms with Gasteiger partial charge in [-0.25, -0.2) is 0 Å². The summed E-state index contributed by atoms with van der Waals surface area (Å²) in [4.78, 5) is 4.18. The molecule has 0 aliphatic heterocycles. The predicted molar refractivity (Wildman–Crippen MR) is 72.9 cm³/mol. The van der Waals surface area contributed by atoms with E-state index in [2.05, 4.69) is 4.99 Å². The molecule has 0 aliphatic carbocycles. The molecular weight excluding hydrogens is 226 g/mol. The van der Waals surface area contributed by atoms with Crippen LogP contribution in [0, 0.1) is 13.8 Å². The third-order valence-corrected chi connectivity index (χ3v) is 2.66. The minimum atomic E-state index is 0.137. The Bertz CT molecular complexity index is 603. The van der Waals surface area contributed by atoms with Crippen molar-refractivity contribution in [2.75, 3.05) is 0 Å². The van der Waals surface area contributed by atoms with Crippen LogP contribution in [0.2, 0.25) is 0 Å². The maximum atomic E-state index is 9.72. The Hall–Kier alpha value is -2.29. The van der Waals surface area contributed by atoms with Gasteiger partial charge in [-0.2, -0.15) is 0 Å². The number of aliphatic imine (C=N–C) groups is 1. The van der Waals surface area contributed by atoms with Gasteiger partial charge in [-0.1, -0.05) is 17.7 Å². The zero-order chi connectivity index (χ0) is 13.1. The van der Waals surface area contributed by atoms with E-state index in [0.29, 0.717) is 11.3 Å². The summed E-state index contributed by atoms with van der Waals surface area (Å²) in [6, 6.07) is 10.6. The van der Waals surface area contributed by atoms with E-state index >= 15 is 0 Å². The molecular formula is C15H15NO2. The first-order chi connectivity index (χ1) is 8.56. The molecule has 0 aliphatic rings. The first-order valence-electron chi connectivity index (χ1n) is 5.69. The molecule has 0 bridgehead atoms. The number of hydrogen-bond donors (Lipinski definition) is 2. The number of benzene rings is 2. The van der Waals surface area contributed by atoms with E-state index in [9.17, 15) is 10.2 Å². The van der Waals surface area contributed by atoms with E-state index < -0.39 is 0 Å². The molecule has 0 unspecified atom stereocenters. The molecule has 0 heterocycles. The standard InChI is InChI=1S/C15H15NO2/c1-10-4-6-14(17)12(7-10)9-16-13-5-3-11(2)8-15(13)18/h3-9,17-18H,1-2H3. The van der Waals surface area contributed by atoms with E-state index in [0.717, 1.165) is 11.1 Å². The lowest BCUT2D eigenvalue weighted by molar-refractivity contribution is 0.473. The molecule has 0 spiro atoms. The van der Waals surface area contributed by atoms with Crippen molar-refractivity contribution in [3.8, 4) is 11.5 Å². The van der Waals surface area contributed by atoms with Crippen molar-refractivity contribution in [2.45, 2.75) is 13.8 Å². The number of nitrogens with zero attached hydrogens (tertiary/aromatic N) is 1. The largest absolute Gasteiger partial charge is 0.507 e. The Balaban J connectivity index is 2.32. The Morgan fingerprint density at radius 2 is 1.56 bits per heavy atom. The Kier molecular flexibility index (Phi) is 3.33. The molecule has 2 aromatic carbocycles. The normalized spacial score (nSPS) is 11.0. The van der Waals surface area contributed by atoms with Crippen LogP contribution in [0.4, 0.5) is 5.69 Å². The highest BCUT2D eigenvalue weighted by atomic mass is 16.3. The fraction of sp³-hybridized carbons (Fsp3) is 0.133. The van der Waals surface area contributed by atoms with Gasteiger partial charge in [0.25, 0.3) is 0 Å². The van der Waals surface area contributed by atoms with Crippen LogP contribution in [0.15, 0.2) is 41.4 Å². The van der Waals surface area contributed by atoms with Gasteiger partial charge in [0.05, 0.1) is 0 Å². The van der Waals surface area contributed by atoms with Crippen molar-refractivity contribution in [3.05, 3.63) is 53.1 Å². The molecule has 2 N–H and O–H groups in total. The molecule has 2 rings (SSSR count). The van der Waals surface area contributed by atoms with Gasteiger partial charge in [0, 0.05) is 11.8 Å². The molecule has 0 aromatic heterocycles. The minimum Gasteiger partial charge on any atom is -0.507 e. The van der Waals surface area contributed by atoms with Crippen LogP contribution in [-0.2, 0) is 0 Å². The van der Waals surface area contributed by atoms with E-state index in [1.165, 1.54) is 0 Å². The molecule has 0 fully saturated rings. The van der Waals surface area contributed by atoms with Crippen molar-refractivity contribution < 1.29 is 10.2 Å². The van der Waals surface area contributed by atoms with Gasteiger partial charge in [-0.15, -0.1) is 0 Å². The van der Waals surface area contributed by atoms with Crippen LogP contribution >= 0.6 is 0 Å².